The molecule has 0 saturated carbocycles. The zero-order valence-corrected chi connectivity index (χ0v) is 80.6. The molecule has 4 aromatic heterocycles. The van der Waals surface area contributed by atoms with Gasteiger partial charge in [-0.15, -0.1) is 0 Å². The van der Waals surface area contributed by atoms with Crippen LogP contribution in [0.4, 0.5) is 52.1 Å². The van der Waals surface area contributed by atoms with Crippen molar-refractivity contribution >= 4 is 117 Å². The number of nitriles is 1. The maximum Gasteiger partial charge on any atom is 0.421 e. The quantitative estimate of drug-likeness (QED) is 0.0300. The fourth-order valence-electron chi connectivity index (χ4n) is 19.4. The van der Waals surface area contributed by atoms with Crippen molar-refractivity contribution in [1.29, 1.82) is 5.26 Å². The largest absolute Gasteiger partial charge is 0.494 e. The molecule has 0 spiro atoms. The number of hydrogen-bond donors (Lipinski definition) is 1. The second-order valence-electron chi connectivity index (χ2n) is 34.7. The normalized spacial score (nSPS) is 20.8. The van der Waals surface area contributed by atoms with Gasteiger partial charge >= 0.3 is 24.2 Å². The number of likely N-dealkylation sites (tertiary alicyclic amines) is 3. The Bertz CT molecular complexity index is 5320. The number of β-amino-alcohol motifs (C(OH)–C–C–N with tert-alkyl or cyclic N) is 1. The summed E-state index contributed by atoms with van der Waals surface area (Å²) in [6.07, 6.45) is 11.9. The van der Waals surface area contributed by atoms with E-state index in [1.807, 2.05) is 43.2 Å². The first-order valence-electron chi connectivity index (χ1n) is 44.6. The van der Waals surface area contributed by atoms with Crippen LogP contribution in [0.5, 0.6) is 23.8 Å². The summed E-state index contributed by atoms with van der Waals surface area (Å²) >= 11 is 0. The lowest BCUT2D eigenvalue weighted by Gasteiger charge is -2.42. The van der Waals surface area contributed by atoms with Crippen molar-refractivity contribution in [3.63, 3.8) is 0 Å². The molecule has 0 aliphatic carbocycles. The highest BCUT2D eigenvalue weighted by Crippen LogP contribution is 2.43. The molecule has 0 radical (unpaired) electrons. The zero-order chi connectivity index (χ0) is 91.0. The number of carbonyl (C=O) groups is 3. The highest BCUT2D eigenvalue weighted by atomic mass is 32.1. The number of ether oxygens (including phenoxy) is 4. The molecule has 9 aliphatic heterocycles. The van der Waals surface area contributed by atoms with Gasteiger partial charge in [0.15, 0.2) is 0 Å². The lowest BCUT2D eigenvalue weighted by molar-refractivity contribution is -0.139. The molecule has 1 N–H and O–H groups in total. The van der Waals surface area contributed by atoms with E-state index >= 15 is 0 Å². The minimum absolute atomic E-state index is 0. The molecular weight excluding hydrogens is 1780 g/mol. The van der Waals surface area contributed by atoms with Crippen molar-refractivity contribution in [3.05, 3.63) is 185 Å². The topological polar surface area (TPSA) is 273 Å². The van der Waals surface area contributed by atoms with Gasteiger partial charge in [-0.3, -0.25) is 29.2 Å². The zero-order valence-electron chi connectivity index (χ0n) is 76.6. The number of hydrogen-bond acceptors (Lipinski definition) is 26. The third kappa shape index (κ3) is 25.1. The van der Waals surface area contributed by atoms with Crippen LogP contribution in [0.3, 0.4) is 0 Å². The van der Waals surface area contributed by atoms with Crippen molar-refractivity contribution in [2.75, 3.05) is 215 Å². The van der Waals surface area contributed by atoms with E-state index in [1.165, 1.54) is 58.1 Å². The number of halogens is 4. The second kappa shape index (κ2) is 48.5. The smallest absolute Gasteiger partial charge is 0.421 e. The molecule has 133 heavy (non-hydrogen) atoms. The monoisotopic (exact) mass is 1910 g/mol. The Morgan fingerprint density at radius 3 is 1.57 bits per heavy atom. The van der Waals surface area contributed by atoms with Gasteiger partial charge in [0.2, 0.25) is 30.8 Å². The summed E-state index contributed by atoms with van der Waals surface area (Å²) in [5.74, 6) is 1.79. The average molecular weight is 1910 g/mol. The molecule has 0 unspecified atom stereocenters. The van der Waals surface area contributed by atoms with Gasteiger partial charge in [-0.1, -0.05) is 68.6 Å². The molecule has 13 heterocycles. The van der Waals surface area contributed by atoms with E-state index in [2.05, 4.69) is 130 Å². The lowest BCUT2D eigenvalue weighted by atomic mass is 10.0. The fourth-order valence-corrected chi connectivity index (χ4v) is 19.4. The highest BCUT2D eigenvalue weighted by molar-refractivity contribution is 7.59. The molecule has 31 nitrogen and oxygen atoms in total. The molecular formula is C94H125F4N23O8S4. The Hall–Kier alpha value is -10.7. The van der Waals surface area contributed by atoms with Crippen molar-refractivity contribution in [2.45, 2.75) is 127 Å². The Balaban J connectivity index is 0.000000204. The number of piperazine rings is 3. The number of likely N-dealkylation sites (N-methyl/N-ethyl adjacent to an activating group) is 3. The van der Waals surface area contributed by atoms with Crippen LogP contribution in [0.2, 0.25) is 0 Å². The summed E-state index contributed by atoms with van der Waals surface area (Å²) in [6, 6.07) is 23.0. The van der Waals surface area contributed by atoms with Gasteiger partial charge < -0.3 is 87.6 Å². The van der Waals surface area contributed by atoms with Crippen LogP contribution in [-0.4, -0.2) is 314 Å². The molecule has 716 valence electrons. The molecule has 16 rings (SSSR count). The van der Waals surface area contributed by atoms with E-state index in [1.54, 1.807) is 34.1 Å². The molecule has 9 aliphatic rings. The number of rotatable bonds is 26. The van der Waals surface area contributed by atoms with Gasteiger partial charge in [-0.05, 0) is 134 Å². The van der Waals surface area contributed by atoms with E-state index < -0.39 is 23.6 Å². The van der Waals surface area contributed by atoms with Crippen LogP contribution in [0.1, 0.15) is 84.8 Å². The SMILES string of the molecule is C[C@@H]1C[C@@H](COc2nc3c(c(N4CCN(C(=O)/C=C/CN(C)C)[C@@H](CC#N)C4)n2)CCN(c2cccc(F)c2C(F)(F)F)C3)N(C)C1.S.S.S.S.[C-]#[N+]C[C@H]1CN(c2nc(OC[C@@H]3CCCN3C)nc3c2CCN(c2cnccc2OC)C3)CCN1C(=O)C=C.[C-]#[N+]C[C@H]1CN(c2nc(OC[C@@H]3CCCN3CCO)nc3c2CCN(c2cccc4ccccc24)C3)CCN1C(=O)C=C. The Morgan fingerprint density at radius 2 is 1.08 bits per heavy atom. The number of aliphatic hydroxyl groups excluding tert-OH is 1. The maximum atomic E-state index is 14.5. The van der Waals surface area contributed by atoms with Crippen LogP contribution < -0.4 is 48.3 Å². The summed E-state index contributed by atoms with van der Waals surface area (Å²) in [6.45, 7) is 38.0. The molecule has 3 amide bonds. The van der Waals surface area contributed by atoms with Gasteiger partial charge in [-0.2, -0.15) is 102 Å². The van der Waals surface area contributed by atoms with Crippen molar-refractivity contribution in [1.82, 2.24) is 69.2 Å². The predicted octanol–water partition coefficient (Wildman–Crippen LogP) is 9.60. The van der Waals surface area contributed by atoms with Gasteiger partial charge in [0, 0.05) is 162 Å². The van der Waals surface area contributed by atoms with E-state index in [-0.39, 0.29) is 147 Å². The van der Waals surface area contributed by atoms with Gasteiger partial charge in [0.1, 0.15) is 66.5 Å². The standard InChI is InChI=1S/C33H42F4N8O2.C33H39N7O3.C28H36N8O3.4H2S/c1-22-17-24(42(4)18-22)21-47-32-39-27-20-43(28-8-5-7-26(34)30(28)33(35,36)37)14-11-25(27)31(40-32)44-15-16-45(23(19-44)10-12-38)29(46)9-6-13-41(2)3;1-3-31(42)40-17-16-39(21-26(40)20-34-2)32-28-13-15-38(30-12-6-9-24-8-4-5-11-27(24)30)22-29(28)35-33(36-32)43-23-25-10-7-14-37(25)18-19-41;1-5-26(37)36-14-13-35(17-21(36)15-29-2)27-22-9-12-34(24-16-30-10-8-25(24)38-4)18-23(22)31-28(32-27)39-19-20-7-6-11-33(20)3;;;;/h5-9,22-24H,10-11,13-21H2,1-4H3;3-6,8-9,11-12,25-26,41H,1,7,10,13-23H2;5,8,10,16,20-21H,1,6-7,9,11-15,17-19H2,3-4H3;4*1H2/b9-6+;;;;;;/t22-,23+,24+;25-,26-;20-,21-;;;;/m100..../s1. The fraction of sp³-hybridized carbons (Fsp3) is 0.521. The number of benzene rings is 3. The number of aromatic nitrogens is 7. The van der Waals surface area contributed by atoms with Gasteiger partial charge in [-0.25, -0.2) is 17.5 Å². The molecule has 7 atom stereocenters. The van der Waals surface area contributed by atoms with Crippen LogP contribution in [0.25, 0.3) is 20.5 Å². The summed E-state index contributed by atoms with van der Waals surface area (Å²) in [7, 11) is 9.65. The lowest BCUT2D eigenvalue weighted by Crippen LogP contribution is -2.56. The van der Waals surface area contributed by atoms with Gasteiger partial charge in [0.25, 0.3) is 0 Å². The summed E-state index contributed by atoms with van der Waals surface area (Å²) in [5, 5.41) is 21.5. The van der Waals surface area contributed by atoms with Crippen LogP contribution >= 0.6 is 54.0 Å². The summed E-state index contributed by atoms with van der Waals surface area (Å²) < 4.78 is 80.6. The van der Waals surface area contributed by atoms with Crippen molar-refractivity contribution in [3.8, 4) is 29.9 Å². The van der Waals surface area contributed by atoms with E-state index in [0.29, 0.717) is 147 Å². The number of methoxy groups -OCH3 is 1. The Kier molecular flexibility index (Phi) is 38.1. The number of carbonyl (C=O) groups excluding carboxylic acids is 3. The number of amides is 3. The number of aliphatic hydroxyl groups is 1. The van der Waals surface area contributed by atoms with Crippen LogP contribution in [-0.2, 0) is 59.5 Å². The number of fused-ring (bicyclic) bond motifs is 4. The number of anilines is 6. The first-order valence-corrected chi connectivity index (χ1v) is 44.6. The van der Waals surface area contributed by atoms with E-state index in [4.69, 9.17) is 57.0 Å². The van der Waals surface area contributed by atoms with Crippen LogP contribution in [0.15, 0.2) is 117 Å². The number of nitrogens with zero attached hydrogens (tertiary/aromatic N) is 23. The molecule has 6 saturated heterocycles. The molecule has 6 fully saturated rings. The van der Waals surface area contributed by atoms with Crippen molar-refractivity contribution < 1.29 is 56.0 Å². The van der Waals surface area contributed by atoms with Gasteiger partial charge in [0.05, 0.1) is 86.5 Å². The highest BCUT2D eigenvalue weighted by Gasteiger charge is 2.43. The summed E-state index contributed by atoms with van der Waals surface area (Å²) in [4.78, 5) is 105. The Morgan fingerprint density at radius 1 is 0.586 bits per heavy atom. The number of pyridine rings is 1. The minimum atomic E-state index is -4.87. The third-order valence-electron chi connectivity index (χ3n) is 26.0. The molecule has 3 aromatic carbocycles. The number of alkyl halides is 3. The van der Waals surface area contributed by atoms with E-state index in [0.717, 1.165) is 128 Å². The average Bonchev–Trinajstić information content (AvgIpc) is 1.50. The first kappa shape index (κ1) is 104. The maximum absolute atomic E-state index is 14.5. The van der Waals surface area contributed by atoms with E-state index in [9.17, 15) is 42.3 Å². The first-order chi connectivity index (χ1) is 62.5. The van der Waals surface area contributed by atoms with Crippen molar-refractivity contribution in [2.24, 2.45) is 5.92 Å². The molecule has 0 bridgehead atoms. The Labute approximate surface area is 805 Å². The second-order valence-corrected chi connectivity index (χ2v) is 34.7. The van der Waals surface area contributed by atoms with Crippen LogP contribution in [0, 0.1) is 36.2 Å². The third-order valence-corrected chi connectivity index (χ3v) is 26.0. The summed E-state index contributed by atoms with van der Waals surface area (Å²) in [5.41, 5.74) is 5.90. The minimum Gasteiger partial charge on any atom is -0.494 e. The molecule has 39 heteroatoms. The molecule has 7 aromatic rings. The predicted molar refractivity (Wildman–Crippen MR) is 526 cm³/mol.